The highest BCUT2D eigenvalue weighted by atomic mass is 16.1. The lowest BCUT2D eigenvalue weighted by atomic mass is 10.1. The van der Waals surface area contributed by atoms with Crippen LogP contribution in [0.5, 0.6) is 0 Å². The van der Waals surface area contributed by atoms with E-state index in [1.807, 2.05) is 0 Å². The van der Waals surface area contributed by atoms with Gasteiger partial charge in [0, 0.05) is 15.4 Å². The van der Waals surface area contributed by atoms with Crippen molar-refractivity contribution in [1.82, 2.24) is 0 Å². The standard InChI is InChI=1S/C8H9NO/c1-6(10)7-2-4-8(9)5-3-7/h2-5H,9H2,1H3/i1D3. The number of anilines is 1. The normalized spacial score (nSPS) is 15.0. The van der Waals surface area contributed by atoms with Crippen LogP contribution in [0.25, 0.3) is 0 Å². The van der Waals surface area contributed by atoms with Crippen LogP contribution in [0.3, 0.4) is 0 Å². The zero-order chi connectivity index (χ0) is 10.1. The fourth-order valence-electron chi connectivity index (χ4n) is 0.634. The molecule has 0 radical (unpaired) electrons. The number of nitrogen functional groups attached to an aromatic ring is 1. The molecule has 1 rings (SSSR count). The fourth-order valence-corrected chi connectivity index (χ4v) is 0.634. The summed E-state index contributed by atoms with van der Waals surface area (Å²) >= 11 is 0. The Morgan fingerprint density at radius 2 is 2.10 bits per heavy atom. The highest BCUT2D eigenvalue weighted by Crippen LogP contribution is 2.05. The van der Waals surface area contributed by atoms with Gasteiger partial charge in [-0.1, -0.05) is 0 Å². The van der Waals surface area contributed by atoms with Crippen LogP contribution in [0.1, 0.15) is 21.3 Å². The first-order valence-corrected chi connectivity index (χ1v) is 2.81. The molecule has 0 saturated heterocycles. The molecule has 0 aliphatic carbocycles. The average molecular weight is 138 g/mol. The van der Waals surface area contributed by atoms with Gasteiger partial charge in [-0.2, -0.15) is 0 Å². The summed E-state index contributed by atoms with van der Waals surface area (Å²) in [4.78, 5) is 11.2. The molecule has 0 aromatic heterocycles. The van der Waals surface area contributed by atoms with Crippen molar-refractivity contribution in [2.24, 2.45) is 0 Å². The van der Waals surface area contributed by atoms with Crippen LogP contribution in [-0.2, 0) is 0 Å². The first-order chi connectivity index (χ1) is 5.91. The lowest BCUT2D eigenvalue weighted by molar-refractivity contribution is 0.101. The Labute approximate surface area is 63.9 Å². The SMILES string of the molecule is [2H]C([2H])([2H])C(=O)c1ccc(N)cc1. The number of nitrogens with two attached hydrogens (primary N) is 1. The Kier molecular flexibility index (Phi) is 0.947. The quantitative estimate of drug-likeness (QED) is 0.471. The van der Waals surface area contributed by atoms with Crippen LogP contribution in [-0.4, -0.2) is 5.78 Å². The van der Waals surface area contributed by atoms with E-state index in [4.69, 9.17) is 9.85 Å². The summed E-state index contributed by atoms with van der Waals surface area (Å²) in [5.74, 6) is -0.854. The first kappa shape index (κ1) is 3.76. The number of carbonyl (C=O) groups is 1. The van der Waals surface area contributed by atoms with Crippen molar-refractivity contribution >= 4 is 11.5 Å². The van der Waals surface area contributed by atoms with Crippen LogP contribution in [0, 0.1) is 0 Å². The lowest BCUT2D eigenvalue weighted by Gasteiger charge is -1.94. The summed E-state index contributed by atoms with van der Waals surface area (Å²) in [6.07, 6.45) is 0. The van der Waals surface area contributed by atoms with E-state index in [1.54, 1.807) is 0 Å². The van der Waals surface area contributed by atoms with E-state index in [1.165, 1.54) is 24.3 Å². The Bertz CT molecular complexity index is 315. The summed E-state index contributed by atoms with van der Waals surface area (Å²) in [5.41, 5.74) is 6.05. The van der Waals surface area contributed by atoms with Gasteiger partial charge in [-0.3, -0.25) is 4.79 Å². The second-order valence-corrected chi connectivity index (χ2v) is 1.95. The van der Waals surface area contributed by atoms with Gasteiger partial charge in [-0.25, -0.2) is 0 Å². The number of hydrogen-bond acceptors (Lipinski definition) is 2. The van der Waals surface area contributed by atoms with Gasteiger partial charge in [0.25, 0.3) is 0 Å². The van der Waals surface area contributed by atoms with Gasteiger partial charge in [0.2, 0.25) is 0 Å². The van der Waals surface area contributed by atoms with Crippen molar-refractivity contribution in [3.63, 3.8) is 0 Å². The largest absolute Gasteiger partial charge is 0.399 e. The zero-order valence-corrected chi connectivity index (χ0v) is 5.29. The smallest absolute Gasteiger partial charge is 0.159 e. The van der Waals surface area contributed by atoms with Crippen molar-refractivity contribution in [3.8, 4) is 0 Å². The molecule has 1 aromatic carbocycles. The number of Topliss-reactive ketones (excluding diaryl/α,β-unsaturated/α-hetero) is 1. The predicted molar refractivity (Wildman–Crippen MR) is 40.9 cm³/mol. The summed E-state index contributed by atoms with van der Waals surface area (Å²) < 4.78 is 20.6. The van der Waals surface area contributed by atoms with Gasteiger partial charge in [-0.15, -0.1) is 0 Å². The number of hydrogen-bond donors (Lipinski definition) is 1. The van der Waals surface area contributed by atoms with Crippen LogP contribution < -0.4 is 5.73 Å². The van der Waals surface area contributed by atoms with Crippen LogP contribution in [0.15, 0.2) is 24.3 Å². The van der Waals surface area contributed by atoms with Gasteiger partial charge >= 0.3 is 0 Å². The minimum atomic E-state index is -2.57. The molecule has 0 amide bonds. The van der Waals surface area contributed by atoms with Crippen molar-refractivity contribution in [1.29, 1.82) is 0 Å². The molecule has 0 atom stereocenters. The molecule has 0 saturated carbocycles. The fraction of sp³-hybridized carbons (Fsp3) is 0.125. The molecule has 0 aliphatic heterocycles. The van der Waals surface area contributed by atoms with Crippen molar-refractivity contribution in [2.75, 3.05) is 5.73 Å². The molecule has 0 heterocycles. The van der Waals surface area contributed by atoms with E-state index in [0.29, 0.717) is 5.69 Å². The Morgan fingerprint density at radius 1 is 1.50 bits per heavy atom. The molecule has 0 bridgehead atoms. The second-order valence-electron chi connectivity index (χ2n) is 1.95. The maximum Gasteiger partial charge on any atom is 0.159 e. The van der Waals surface area contributed by atoms with Gasteiger partial charge < -0.3 is 5.73 Å². The Morgan fingerprint density at radius 3 is 2.60 bits per heavy atom. The van der Waals surface area contributed by atoms with E-state index < -0.39 is 12.6 Å². The van der Waals surface area contributed by atoms with Gasteiger partial charge in [0.1, 0.15) is 0 Å². The molecule has 52 valence electrons. The summed E-state index contributed by atoms with van der Waals surface area (Å²) in [5, 5.41) is 0. The Balaban J connectivity index is 2.97. The molecular weight excluding hydrogens is 126 g/mol. The number of rotatable bonds is 1. The minimum absolute atomic E-state index is 0.161. The number of carbonyl (C=O) groups excluding carboxylic acids is 1. The van der Waals surface area contributed by atoms with E-state index in [-0.39, 0.29) is 5.56 Å². The van der Waals surface area contributed by atoms with Crippen molar-refractivity contribution < 1.29 is 8.91 Å². The molecule has 2 N–H and O–H groups in total. The van der Waals surface area contributed by atoms with E-state index in [9.17, 15) is 4.79 Å². The van der Waals surface area contributed by atoms with Crippen molar-refractivity contribution in [3.05, 3.63) is 29.8 Å². The highest BCUT2D eigenvalue weighted by Gasteiger charge is 1.95. The monoisotopic (exact) mass is 138 g/mol. The number of benzene rings is 1. The third kappa shape index (κ3) is 1.35. The zero-order valence-electron chi connectivity index (χ0n) is 8.29. The molecule has 0 aliphatic rings. The minimum Gasteiger partial charge on any atom is -0.399 e. The topological polar surface area (TPSA) is 43.1 Å². The van der Waals surface area contributed by atoms with Gasteiger partial charge in [0.05, 0.1) is 0 Å². The van der Waals surface area contributed by atoms with Crippen LogP contribution in [0.2, 0.25) is 0 Å². The maximum absolute atomic E-state index is 11.2. The van der Waals surface area contributed by atoms with Crippen molar-refractivity contribution in [2.45, 2.75) is 6.85 Å². The van der Waals surface area contributed by atoms with Crippen LogP contribution in [0.4, 0.5) is 5.69 Å². The molecule has 1 aromatic rings. The summed E-state index contributed by atoms with van der Waals surface area (Å²) in [6, 6.07) is 5.81. The molecular formula is C8H9NO. The maximum atomic E-state index is 11.2. The predicted octanol–water partition coefficient (Wildman–Crippen LogP) is 1.47. The molecule has 2 nitrogen and oxygen atoms in total. The van der Waals surface area contributed by atoms with Crippen LogP contribution >= 0.6 is 0 Å². The van der Waals surface area contributed by atoms with E-state index in [2.05, 4.69) is 0 Å². The molecule has 0 spiro atoms. The number of ketones is 1. The van der Waals surface area contributed by atoms with E-state index >= 15 is 0 Å². The molecule has 10 heavy (non-hydrogen) atoms. The summed E-state index contributed by atoms with van der Waals surface area (Å²) in [7, 11) is 0. The molecule has 2 heteroatoms. The van der Waals surface area contributed by atoms with Gasteiger partial charge in [-0.05, 0) is 31.1 Å². The molecule has 0 fully saturated rings. The van der Waals surface area contributed by atoms with Gasteiger partial charge in [0.15, 0.2) is 5.78 Å². The van der Waals surface area contributed by atoms with E-state index in [0.717, 1.165) is 0 Å². The summed E-state index contributed by atoms with van der Waals surface area (Å²) in [6.45, 7) is -2.57. The lowest BCUT2D eigenvalue weighted by Crippen LogP contribution is -1.91. The Hall–Kier alpha value is -1.31. The second kappa shape index (κ2) is 2.52. The first-order valence-electron chi connectivity index (χ1n) is 4.31. The highest BCUT2D eigenvalue weighted by molar-refractivity contribution is 5.94. The third-order valence-corrected chi connectivity index (χ3v) is 1.17. The third-order valence-electron chi connectivity index (χ3n) is 1.17. The average Bonchev–Trinajstić information content (AvgIpc) is 2.03. The molecule has 0 unspecified atom stereocenters.